The molecule has 0 radical (unpaired) electrons. The van der Waals surface area contributed by atoms with Gasteiger partial charge in [0.25, 0.3) is 5.91 Å². The Labute approximate surface area is 249 Å². The average molecular weight is 616 g/mol. The Morgan fingerprint density at radius 1 is 1.05 bits per heavy atom. The van der Waals surface area contributed by atoms with Gasteiger partial charge >= 0.3 is 0 Å². The standard InChI is InChI=1S/C31H23F2N5O5S/c1-34-31(39)27-21-12-20(23(37(2)44(3,40)41)13-25(21)43-29(27)16-4-6-18(32)7-5-16)30-35-14-26-28(36-30)24-11-17-10-19(33)8-9-22(17)38(24)15-42-26/h4-14H,15H2,1-3H3,(H,34,39). The zero-order chi connectivity index (χ0) is 30.9. The summed E-state index contributed by atoms with van der Waals surface area (Å²) in [4.78, 5) is 22.5. The molecule has 0 unspecified atom stereocenters. The zero-order valence-corrected chi connectivity index (χ0v) is 24.4. The molecule has 4 heterocycles. The highest BCUT2D eigenvalue weighted by Crippen LogP contribution is 2.43. The summed E-state index contributed by atoms with van der Waals surface area (Å²) in [6.45, 7) is 0.171. The van der Waals surface area contributed by atoms with Crippen LogP contribution >= 0.6 is 0 Å². The van der Waals surface area contributed by atoms with Gasteiger partial charge in [-0.25, -0.2) is 27.2 Å². The molecule has 13 heteroatoms. The molecule has 0 saturated carbocycles. The second-order valence-electron chi connectivity index (χ2n) is 10.3. The maximum absolute atomic E-state index is 14.0. The van der Waals surface area contributed by atoms with E-state index in [9.17, 15) is 22.0 Å². The lowest BCUT2D eigenvalue weighted by Crippen LogP contribution is -2.25. The zero-order valence-electron chi connectivity index (χ0n) is 23.6. The number of fused-ring (bicyclic) bond motifs is 6. The SMILES string of the molecule is CNC(=O)c1c(-c2ccc(F)cc2)oc2cc(N(C)S(C)(=O)=O)c(-c3ncc4c(n3)-c3cc5cc(F)ccc5n3CO4)cc12. The molecule has 3 aromatic carbocycles. The number of hydrogen-bond acceptors (Lipinski definition) is 7. The van der Waals surface area contributed by atoms with Gasteiger partial charge in [-0.05, 0) is 54.6 Å². The van der Waals surface area contributed by atoms with E-state index in [4.69, 9.17) is 14.1 Å². The number of halogens is 2. The number of ether oxygens (including phenoxy) is 1. The van der Waals surface area contributed by atoms with Crippen molar-refractivity contribution in [2.75, 3.05) is 24.7 Å². The van der Waals surface area contributed by atoms with E-state index in [0.717, 1.165) is 16.1 Å². The monoisotopic (exact) mass is 615 g/mol. The molecule has 0 fully saturated rings. The quantitative estimate of drug-likeness (QED) is 0.270. The molecular weight excluding hydrogens is 592 g/mol. The van der Waals surface area contributed by atoms with Gasteiger partial charge in [0, 0.05) is 42.1 Å². The van der Waals surface area contributed by atoms with Crippen LogP contribution in [0.15, 0.2) is 71.3 Å². The lowest BCUT2D eigenvalue weighted by Gasteiger charge is -2.22. The summed E-state index contributed by atoms with van der Waals surface area (Å²) in [7, 11) is -0.914. The number of hydrogen-bond donors (Lipinski definition) is 1. The number of carbonyl (C=O) groups is 1. The number of amides is 1. The molecule has 0 spiro atoms. The van der Waals surface area contributed by atoms with E-state index < -0.39 is 21.7 Å². The van der Waals surface area contributed by atoms with E-state index in [1.807, 2.05) is 4.57 Å². The van der Waals surface area contributed by atoms with Crippen molar-refractivity contribution in [3.05, 3.63) is 84.1 Å². The van der Waals surface area contributed by atoms with Gasteiger partial charge in [-0.15, -0.1) is 0 Å². The molecule has 6 aromatic rings. The van der Waals surface area contributed by atoms with Crippen LogP contribution in [0, 0.1) is 11.6 Å². The number of nitrogens with one attached hydrogen (secondary N) is 1. The van der Waals surface area contributed by atoms with Crippen molar-refractivity contribution in [3.63, 3.8) is 0 Å². The fraction of sp³-hybridized carbons (Fsp3) is 0.129. The Morgan fingerprint density at radius 3 is 2.52 bits per heavy atom. The molecular formula is C31H23F2N5O5S. The Bertz CT molecular complexity index is 2260. The van der Waals surface area contributed by atoms with Gasteiger partial charge in [-0.2, -0.15) is 0 Å². The Balaban J connectivity index is 1.49. The largest absolute Gasteiger partial charge is 0.469 e. The number of rotatable bonds is 5. The van der Waals surface area contributed by atoms with Gasteiger partial charge in [-0.3, -0.25) is 9.10 Å². The number of anilines is 1. The second-order valence-corrected chi connectivity index (χ2v) is 12.3. The Morgan fingerprint density at radius 2 is 1.80 bits per heavy atom. The first-order valence-corrected chi connectivity index (χ1v) is 15.2. The van der Waals surface area contributed by atoms with Crippen LogP contribution in [0.3, 0.4) is 0 Å². The third kappa shape index (κ3) is 4.35. The predicted octanol–water partition coefficient (Wildman–Crippen LogP) is 5.56. The molecule has 222 valence electrons. The van der Waals surface area contributed by atoms with Crippen molar-refractivity contribution in [3.8, 4) is 39.8 Å². The van der Waals surface area contributed by atoms with Crippen molar-refractivity contribution >= 4 is 43.5 Å². The van der Waals surface area contributed by atoms with E-state index in [1.54, 1.807) is 18.2 Å². The molecule has 0 saturated heterocycles. The van der Waals surface area contributed by atoms with Crippen LogP contribution < -0.4 is 14.4 Å². The highest BCUT2D eigenvalue weighted by molar-refractivity contribution is 7.92. The molecule has 0 aliphatic carbocycles. The van der Waals surface area contributed by atoms with E-state index in [0.29, 0.717) is 39.0 Å². The van der Waals surface area contributed by atoms with Crippen LogP contribution in [0.4, 0.5) is 14.5 Å². The lowest BCUT2D eigenvalue weighted by atomic mass is 10.0. The highest BCUT2D eigenvalue weighted by Gasteiger charge is 2.28. The van der Waals surface area contributed by atoms with Crippen LogP contribution in [0.5, 0.6) is 5.75 Å². The highest BCUT2D eigenvalue weighted by atomic mass is 32.2. The summed E-state index contributed by atoms with van der Waals surface area (Å²) in [5, 5.41) is 3.65. The minimum absolute atomic E-state index is 0.150. The number of nitrogens with zero attached hydrogens (tertiary/aromatic N) is 4. The third-order valence-corrected chi connectivity index (χ3v) is 8.85. The minimum Gasteiger partial charge on any atom is -0.469 e. The van der Waals surface area contributed by atoms with E-state index >= 15 is 0 Å². The summed E-state index contributed by atoms with van der Waals surface area (Å²) in [6, 6.07) is 14.8. The number of furan rings is 1. The number of sulfonamides is 1. The van der Waals surface area contributed by atoms with Crippen LogP contribution in [0.25, 0.3) is 56.0 Å². The summed E-state index contributed by atoms with van der Waals surface area (Å²) >= 11 is 0. The molecule has 1 aliphatic rings. The fourth-order valence-corrected chi connectivity index (χ4v) is 5.91. The van der Waals surface area contributed by atoms with Gasteiger partial charge in [0.05, 0.1) is 34.9 Å². The first kappa shape index (κ1) is 27.5. The van der Waals surface area contributed by atoms with E-state index in [-0.39, 0.29) is 41.0 Å². The van der Waals surface area contributed by atoms with Crippen molar-refractivity contribution in [1.82, 2.24) is 19.9 Å². The van der Waals surface area contributed by atoms with Gasteiger partial charge in [-0.1, -0.05) is 0 Å². The first-order chi connectivity index (χ1) is 21.0. The van der Waals surface area contributed by atoms with Crippen molar-refractivity contribution in [2.45, 2.75) is 6.73 Å². The molecule has 0 bridgehead atoms. The summed E-state index contributed by atoms with van der Waals surface area (Å²) in [5.74, 6) is -0.563. The van der Waals surface area contributed by atoms with Crippen molar-refractivity contribution < 1.29 is 31.1 Å². The molecule has 3 aromatic heterocycles. The summed E-state index contributed by atoms with van der Waals surface area (Å²) < 4.78 is 68.2. The van der Waals surface area contributed by atoms with Gasteiger partial charge in [0.15, 0.2) is 18.3 Å². The second kappa shape index (κ2) is 9.88. The minimum atomic E-state index is -3.77. The normalized spacial score (nSPS) is 12.6. The van der Waals surface area contributed by atoms with Gasteiger partial charge in [0.1, 0.15) is 28.7 Å². The van der Waals surface area contributed by atoms with Crippen LogP contribution in [0.2, 0.25) is 0 Å². The number of benzene rings is 3. The molecule has 7 rings (SSSR count). The molecule has 0 atom stereocenters. The maximum Gasteiger partial charge on any atom is 0.255 e. The van der Waals surface area contributed by atoms with Gasteiger partial charge < -0.3 is 19.0 Å². The summed E-state index contributed by atoms with van der Waals surface area (Å²) in [6.07, 6.45) is 2.55. The van der Waals surface area contributed by atoms with Crippen LogP contribution in [-0.2, 0) is 16.8 Å². The topological polar surface area (TPSA) is 120 Å². The Hall–Kier alpha value is -5.30. The van der Waals surface area contributed by atoms with Crippen LogP contribution in [-0.4, -0.2) is 49.2 Å². The fourth-order valence-electron chi connectivity index (χ4n) is 5.41. The lowest BCUT2D eigenvalue weighted by molar-refractivity contribution is 0.0964. The summed E-state index contributed by atoms with van der Waals surface area (Å²) in [5.41, 5.74) is 3.19. The molecule has 44 heavy (non-hydrogen) atoms. The average Bonchev–Trinajstić information content (AvgIpc) is 3.57. The molecule has 1 aliphatic heterocycles. The number of aromatic nitrogens is 3. The first-order valence-electron chi connectivity index (χ1n) is 13.4. The maximum atomic E-state index is 14.0. The smallest absolute Gasteiger partial charge is 0.255 e. The Kier molecular flexibility index (Phi) is 6.18. The molecule has 10 nitrogen and oxygen atoms in total. The molecule has 1 amide bonds. The predicted molar refractivity (Wildman–Crippen MR) is 161 cm³/mol. The third-order valence-electron chi connectivity index (χ3n) is 7.65. The molecule has 1 N–H and O–H groups in total. The van der Waals surface area contributed by atoms with Crippen molar-refractivity contribution in [1.29, 1.82) is 0 Å². The number of carbonyl (C=O) groups excluding carboxylic acids is 1. The van der Waals surface area contributed by atoms with E-state index in [1.165, 1.54) is 62.8 Å². The van der Waals surface area contributed by atoms with Crippen molar-refractivity contribution in [2.24, 2.45) is 0 Å². The van der Waals surface area contributed by atoms with E-state index in [2.05, 4.69) is 10.3 Å². The van der Waals surface area contributed by atoms with Crippen LogP contribution in [0.1, 0.15) is 10.4 Å². The van der Waals surface area contributed by atoms with Gasteiger partial charge in [0.2, 0.25) is 10.0 Å².